The highest BCUT2D eigenvalue weighted by molar-refractivity contribution is 9.10. The first-order valence-electron chi connectivity index (χ1n) is 4.66. The zero-order chi connectivity index (χ0) is 11.2. The second-order valence-electron chi connectivity index (χ2n) is 2.98. The Balaban J connectivity index is 1.97. The summed E-state index contributed by atoms with van der Waals surface area (Å²) in [5, 5.41) is 4.03. The Hall–Kier alpha value is -1.75. The first-order valence-corrected chi connectivity index (χ1v) is 5.45. The number of anilines is 1. The third-order valence-electron chi connectivity index (χ3n) is 1.80. The van der Waals surface area contributed by atoms with E-state index in [1.807, 2.05) is 24.3 Å². The smallest absolute Gasteiger partial charge is 0.172 e. The fourth-order valence-corrected chi connectivity index (χ4v) is 1.33. The van der Waals surface area contributed by atoms with Crippen LogP contribution >= 0.6 is 15.9 Å². The van der Waals surface area contributed by atoms with Crippen molar-refractivity contribution in [2.24, 2.45) is 5.10 Å². The van der Waals surface area contributed by atoms with Crippen molar-refractivity contribution < 1.29 is 0 Å². The number of rotatable bonds is 3. The lowest BCUT2D eigenvalue weighted by Crippen LogP contribution is -1.94. The van der Waals surface area contributed by atoms with Gasteiger partial charge in [0.15, 0.2) is 5.82 Å². The lowest BCUT2D eigenvalue weighted by Gasteiger charge is -1.98. The summed E-state index contributed by atoms with van der Waals surface area (Å²) in [5.41, 5.74) is 3.80. The second kappa shape index (κ2) is 5.37. The van der Waals surface area contributed by atoms with E-state index in [1.54, 1.807) is 24.7 Å². The molecule has 0 unspecified atom stereocenters. The third kappa shape index (κ3) is 3.13. The molecular weight excluding hydrogens is 268 g/mol. The van der Waals surface area contributed by atoms with Crippen LogP contribution in [-0.2, 0) is 0 Å². The molecule has 0 spiro atoms. The average Bonchev–Trinajstić information content (AvgIpc) is 2.33. The molecule has 0 aliphatic heterocycles. The molecule has 0 amide bonds. The van der Waals surface area contributed by atoms with Crippen molar-refractivity contribution in [2.75, 3.05) is 5.43 Å². The second-order valence-corrected chi connectivity index (χ2v) is 3.90. The Labute approximate surface area is 102 Å². The molecule has 0 bridgehead atoms. The molecule has 2 aromatic rings. The molecular formula is C11H9BrN4. The average molecular weight is 277 g/mol. The summed E-state index contributed by atoms with van der Waals surface area (Å²) in [6, 6.07) is 9.49. The molecule has 0 fully saturated rings. The molecule has 1 aromatic carbocycles. The Morgan fingerprint density at radius 1 is 1.12 bits per heavy atom. The highest BCUT2D eigenvalue weighted by atomic mass is 79.9. The van der Waals surface area contributed by atoms with Gasteiger partial charge in [-0.15, -0.1) is 0 Å². The number of benzene rings is 1. The van der Waals surface area contributed by atoms with Crippen molar-refractivity contribution in [3.8, 4) is 0 Å². The van der Waals surface area contributed by atoms with Crippen LogP contribution in [0.3, 0.4) is 0 Å². The Kier molecular flexibility index (Phi) is 3.61. The van der Waals surface area contributed by atoms with Crippen LogP contribution in [0.15, 0.2) is 52.3 Å². The van der Waals surface area contributed by atoms with E-state index in [1.165, 1.54) is 0 Å². The van der Waals surface area contributed by atoms with Crippen molar-refractivity contribution in [1.29, 1.82) is 0 Å². The molecule has 0 aliphatic carbocycles. The zero-order valence-corrected chi connectivity index (χ0v) is 9.92. The van der Waals surface area contributed by atoms with Gasteiger partial charge >= 0.3 is 0 Å². The van der Waals surface area contributed by atoms with Crippen LogP contribution in [0.2, 0.25) is 0 Å². The number of nitrogens with one attached hydrogen (secondary N) is 1. The quantitative estimate of drug-likeness (QED) is 0.693. The molecule has 1 N–H and O–H groups in total. The fraction of sp³-hybridized carbons (Fsp3) is 0. The first-order chi connectivity index (χ1) is 7.84. The lowest BCUT2D eigenvalue weighted by atomic mass is 10.3. The molecule has 1 aromatic heterocycles. The molecule has 80 valence electrons. The topological polar surface area (TPSA) is 50.2 Å². The molecule has 0 atom stereocenters. The van der Waals surface area contributed by atoms with Gasteiger partial charge in [0, 0.05) is 16.9 Å². The van der Waals surface area contributed by atoms with E-state index in [-0.39, 0.29) is 0 Å². The van der Waals surface area contributed by atoms with E-state index >= 15 is 0 Å². The lowest BCUT2D eigenvalue weighted by molar-refractivity contribution is 1.14. The van der Waals surface area contributed by atoms with Gasteiger partial charge in [-0.1, -0.05) is 15.9 Å². The first kappa shape index (κ1) is 10.8. The molecule has 1 heterocycles. The minimum atomic E-state index is 0.576. The standard InChI is InChI=1S/C11H9BrN4/c12-9-2-4-10(5-3-9)16-15-8-11-13-6-1-7-14-11/h1-8,16H. The van der Waals surface area contributed by atoms with Gasteiger partial charge in [-0.3, -0.25) is 5.43 Å². The molecule has 2 rings (SSSR count). The summed E-state index contributed by atoms with van der Waals surface area (Å²) in [4.78, 5) is 8.03. The van der Waals surface area contributed by atoms with Crippen molar-refractivity contribution in [3.05, 3.63) is 53.0 Å². The molecule has 5 heteroatoms. The Morgan fingerprint density at radius 2 is 1.81 bits per heavy atom. The van der Waals surface area contributed by atoms with Gasteiger partial charge < -0.3 is 0 Å². The molecule has 4 nitrogen and oxygen atoms in total. The number of hydrogen-bond acceptors (Lipinski definition) is 4. The zero-order valence-electron chi connectivity index (χ0n) is 8.34. The van der Waals surface area contributed by atoms with Gasteiger partial charge in [0.25, 0.3) is 0 Å². The van der Waals surface area contributed by atoms with Crippen molar-refractivity contribution in [2.45, 2.75) is 0 Å². The highest BCUT2D eigenvalue weighted by Gasteiger charge is 1.90. The summed E-state index contributed by atoms with van der Waals surface area (Å²) in [6.07, 6.45) is 4.92. The van der Waals surface area contributed by atoms with Crippen LogP contribution in [0.1, 0.15) is 5.82 Å². The molecule has 16 heavy (non-hydrogen) atoms. The minimum Gasteiger partial charge on any atom is -0.278 e. The van der Waals surface area contributed by atoms with Crippen molar-refractivity contribution in [3.63, 3.8) is 0 Å². The van der Waals surface area contributed by atoms with E-state index in [4.69, 9.17) is 0 Å². The van der Waals surface area contributed by atoms with Gasteiger partial charge in [-0.05, 0) is 30.3 Å². The largest absolute Gasteiger partial charge is 0.278 e. The summed E-state index contributed by atoms with van der Waals surface area (Å²) >= 11 is 3.36. The summed E-state index contributed by atoms with van der Waals surface area (Å²) < 4.78 is 1.04. The Bertz CT molecular complexity index is 467. The normalized spacial score (nSPS) is 10.6. The Morgan fingerprint density at radius 3 is 2.50 bits per heavy atom. The maximum atomic E-state index is 4.03. The van der Waals surface area contributed by atoms with Crippen molar-refractivity contribution >= 4 is 27.8 Å². The van der Waals surface area contributed by atoms with Gasteiger partial charge in [-0.25, -0.2) is 9.97 Å². The van der Waals surface area contributed by atoms with Crippen LogP contribution in [0.25, 0.3) is 0 Å². The third-order valence-corrected chi connectivity index (χ3v) is 2.33. The van der Waals surface area contributed by atoms with Gasteiger partial charge in [0.2, 0.25) is 0 Å². The SMILES string of the molecule is Brc1ccc(NN=Cc2ncccn2)cc1. The van der Waals surface area contributed by atoms with E-state index in [0.717, 1.165) is 10.2 Å². The summed E-state index contributed by atoms with van der Waals surface area (Å²) in [5.74, 6) is 0.576. The van der Waals surface area contributed by atoms with Gasteiger partial charge in [-0.2, -0.15) is 5.10 Å². The van der Waals surface area contributed by atoms with Gasteiger partial charge in [0.05, 0.1) is 11.9 Å². The van der Waals surface area contributed by atoms with E-state index in [2.05, 4.69) is 36.4 Å². The summed E-state index contributed by atoms with van der Waals surface area (Å²) in [6.45, 7) is 0. The fourth-order valence-electron chi connectivity index (χ4n) is 1.07. The molecule has 0 saturated carbocycles. The van der Waals surface area contributed by atoms with Crippen LogP contribution < -0.4 is 5.43 Å². The van der Waals surface area contributed by atoms with Crippen LogP contribution in [0.4, 0.5) is 5.69 Å². The summed E-state index contributed by atoms with van der Waals surface area (Å²) in [7, 11) is 0. The molecule has 0 saturated heterocycles. The minimum absolute atomic E-state index is 0.576. The maximum Gasteiger partial charge on any atom is 0.172 e. The van der Waals surface area contributed by atoms with E-state index < -0.39 is 0 Å². The molecule has 0 aliphatic rings. The number of halogens is 1. The maximum absolute atomic E-state index is 4.03. The van der Waals surface area contributed by atoms with E-state index in [0.29, 0.717) is 5.82 Å². The van der Waals surface area contributed by atoms with Gasteiger partial charge in [0.1, 0.15) is 0 Å². The van der Waals surface area contributed by atoms with Crippen LogP contribution in [0, 0.1) is 0 Å². The number of aromatic nitrogens is 2. The van der Waals surface area contributed by atoms with Crippen LogP contribution in [-0.4, -0.2) is 16.2 Å². The number of nitrogens with zero attached hydrogens (tertiary/aromatic N) is 3. The van der Waals surface area contributed by atoms with E-state index in [9.17, 15) is 0 Å². The predicted octanol–water partition coefficient (Wildman–Crippen LogP) is 2.69. The predicted molar refractivity (Wildman–Crippen MR) is 67.4 cm³/mol. The van der Waals surface area contributed by atoms with Crippen molar-refractivity contribution in [1.82, 2.24) is 9.97 Å². The number of hydrazone groups is 1. The van der Waals surface area contributed by atoms with Crippen LogP contribution in [0.5, 0.6) is 0 Å². The molecule has 0 radical (unpaired) electrons. The highest BCUT2D eigenvalue weighted by Crippen LogP contribution is 2.13. The monoisotopic (exact) mass is 276 g/mol. The number of hydrogen-bond donors (Lipinski definition) is 1.